The van der Waals surface area contributed by atoms with E-state index < -0.39 is 10.0 Å². The van der Waals surface area contributed by atoms with Gasteiger partial charge in [-0.25, -0.2) is 73.8 Å². The molecule has 10 heterocycles. The summed E-state index contributed by atoms with van der Waals surface area (Å²) in [5, 5.41) is 43.4. The van der Waals surface area contributed by atoms with E-state index in [0.717, 1.165) is 104 Å². The minimum atomic E-state index is -3.41. The third-order valence-electron chi connectivity index (χ3n) is 21.1. The number of urea groups is 1. The number of fused-ring (bicyclic) bond motifs is 5. The number of carbonyl (C=O) groups is 7. The Bertz CT molecular complexity index is 7320. The Kier molecular flexibility index (Phi) is 29.3. The third kappa shape index (κ3) is 23.6. The molecule has 0 spiro atoms. The summed E-state index contributed by atoms with van der Waals surface area (Å²) in [5.41, 5.74) is 51.8. The molecule has 5 saturated carbocycles. The predicted molar refractivity (Wildman–Crippen MR) is 545 cm³/mol. The molecular formula is C93H99N25O12S6. The minimum Gasteiger partial charge on any atom is -0.399 e. The van der Waals surface area contributed by atoms with Gasteiger partial charge in [-0.05, 0) is 145 Å². The van der Waals surface area contributed by atoms with Crippen LogP contribution in [0.2, 0.25) is 0 Å². The smallest absolute Gasteiger partial charge is 0.319 e. The molecule has 5 aromatic carbocycles. The highest BCUT2D eigenvalue weighted by molar-refractivity contribution is 7.92. The number of nitrogen functional groups attached to an aromatic ring is 6. The number of carbonyl (C=O) groups excluding carboxylic acids is 7. The van der Waals surface area contributed by atoms with E-state index in [1.165, 1.54) is 105 Å². The summed E-state index contributed by atoms with van der Waals surface area (Å²) in [6.45, 7) is 12.9. The number of aromatic nitrogens is 10. The first-order valence-electron chi connectivity index (χ1n) is 43.4. The van der Waals surface area contributed by atoms with Gasteiger partial charge in [0.05, 0.1) is 127 Å². The van der Waals surface area contributed by atoms with Gasteiger partial charge in [0.25, 0.3) is 0 Å². The second-order valence-corrected chi connectivity index (χ2v) is 39.9. The number of anilines is 14. The molecular weight excluding hydrogens is 1850 g/mol. The Morgan fingerprint density at radius 2 is 0.647 bits per heavy atom. The van der Waals surface area contributed by atoms with E-state index in [4.69, 9.17) is 44.6 Å². The summed E-state index contributed by atoms with van der Waals surface area (Å²) in [5.74, 6) is 2.33. The van der Waals surface area contributed by atoms with Crippen LogP contribution in [0.3, 0.4) is 0 Å². The van der Waals surface area contributed by atoms with E-state index in [0.29, 0.717) is 222 Å². The molecule has 37 nitrogen and oxygen atoms in total. The highest BCUT2D eigenvalue weighted by Gasteiger charge is 2.32. The number of Topliss-reactive ketones (excluding diaryl/α,β-unsaturated/α-hetero) is 6. The average Bonchev–Trinajstić information content (AvgIpc) is 1.63. The molecule has 15 aromatic rings. The quantitative estimate of drug-likeness (QED) is 0.00984. The van der Waals surface area contributed by atoms with Crippen molar-refractivity contribution in [1.29, 1.82) is 0 Å². The van der Waals surface area contributed by atoms with Gasteiger partial charge in [0, 0.05) is 116 Å². The number of nitrogens with zero attached hydrogens (tertiary/aromatic N) is 10. The normalized spacial score (nSPS) is 13.6. The van der Waals surface area contributed by atoms with Gasteiger partial charge in [0.1, 0.15) is 29.9 Å². The molecule has 10 aromatic heterocycles. The fourth-order valence-electron chi connectivity index (χ4n) is 14.1. The second-order valence-electron chi connectivity index (χ2n) is 33.2. The first kappa shape index (κ1) is 96.4. The van der Waals surface area contributed by atoms with Crippen LogP contribution < -0.4 is 81.8 Å². The van der Waals surface area contributed by atoms with Crippen molar-refractivity contribution in [2.45, 2.75) is 156 Å². The monoisotopic (exact) mass is 1950 g/mol. The lowest BCUT2D eigenvalue weighted by Gasteiger charge is -2.11. The number of nitrogens with two attached hydrogens (primary N) is 6. The van der Waals surface area contributed by atoms with E-state index in [2.05, 4.69) is 97.3 Å². The Labute approximate surface area is 799 Å². The van der Waals surface area contributed by atoms with Crippen molar-refractivity contribution in [1.82, 2.24) is 55.2 Å². The van der Waals surface area contributed by atoms with Crippen LogP contribution in [0.15, 0.2) is 121 Å². The van der Waals surface area contributed by atoms with Crippen molar-refractivity contribution in [3.05, 3.63) is 151 Å². The van der Waals surface area contributed by atoms with Gasteiger partial charge < -0.3 is 81.5 Å². The van der Waals surface area contributed by atoms with E-state index in [1.54, 1.807) is 42.5 Å². The molecule has 20 rings (SSSR count). The molecule has 0 unspecified atom stereocenters. The summed E-state index contributed by atoms with van der Waals surface area (Å²) in [6, 6.07) is 38.2. The third-order valence-corrected chi connectivity index (χ3v) is 27.7. The number of sulfonamides is 1. The van der Waals surface area contributed by atoms with Crippen molar-refractivity contribution in [3.8, 4) is 56.3 Å². The molecule has 0 radical (unpaired) electrons. The maximum atomic E-state index is 12.0. The van der Waals surface area contributed by atoms with Crippen LogP contribution in [0, 0.1) is 0 Å². The molecule has 5 aliphatic carbocycles. The fourth-order valence-corrected chi connectivity index (χ4v) is 19.7. The summed E-state index contributed by atoms with van der Waals surface area (Å²) < 4.78 is 25.6. The number of hydrogen-bond acceptors (Lipinski definition) is 39. The van der Waals surface area contributed by atoms with Crippen LogP contribution in [0.4, 0.5) is 85.7 Å². The molecule has 5 fully saturated rings. The standard InChI is InChI=1S/C20H22N6O2S.C18H19N5O3S2.C18H18N4O2S.C17H17N5O3S.C17H17N5OS.C3H6O/c1-3-22-20(28)24-13-6-4-5-11(9-13)16-14-15(21)17(10(2)27)29-18(14)26-19(25-16)23-12-7-8-12;1-9(24)16-14(19)13-15(10-4-3-5-12(8-10)23-28(2,25)26)21-18(20-11-6-7-11)22-17(13)27-16;1-9(24)16-14(19)13-15(11-4-2-3-10(7-11)8-23)21-18(20-12-5-6-12)22-17(13)25-16;1-8(23)15-13(18)12-14(9-3-2-4-11(7-9)22-25-24)20-17(19-10-5-6-10)21-16(12)26-15;1-8(23)15-13(19)12-14(9-3-2-4-10(18)7-9)21-17(20-11-5-6-11)22-16(12)24-15;1-3(2)4/h4-6,9,12H,3,7-8,21H2,1-2H3,(H2,22,24,28)(H,23,25,26);3-5,8,11,23H,6-7,19H2,1-2H3,(H,20,21,22);2-4,7,12,23H,5-6,8,19H2,1H3,(H,20,21,22);2-4,7,10,22,24H,5-6,18H2,1H3,(H,19,20,21);2-4,7,11H,5-6,18-19H2,1H3,(H,20,21,22);1-2H3. The van der Waals surface area contributed by atoms with E-state index in [1.807, 2.05) is 85.8 Å². The predicted octanol–water partition coefficient (Wildman–Crippen LogP) is 17.6. The fraction of sp³-hybridized carbons (Fsp3) is 0.280. The molecule has 136 heavy (non-hydrogen) atoms. The highest BCUT2D eigenvalue weighted by Crippen LogP contribution is 2.47. The molecule has 0 atom stereocenters. The number of rotatable bonds is 27. The minimum absolute atomic E-state index is 0.0485. The van der Waals surface area contributed by atoms with Crippen LogP contribution in [0.5, 0.6) is 0 Å². The zero-order valence-electron chi connectivity index (χ0n) is 75.3. The number of benzene rings is 5. The maximum Gasteiger partial charge on any atom is 0.319 e. The molecule has 2 amide bonds. The molecule has 704 valence electrons. The summed E-state index contributed by atoms with van der Waals surface area (Å²) in [6.07, 6.45) is 12.1. The summed E-state index contributed by atoms with van der Waals surface area (Å²) in [4.78, 5) is 137. The van der Waals surface area contributed by atoms with Gasteiger partial charge in [-0.15, -0.1) is 61.7 Å². The van der Waals surface area contributed by atoms with Crippen LogP contribution in [-0.4, -0.2) is 152 Å². The van der Waals surface area contributed by atoms with Gasteiger partial charge in [0.2, 0.25) is 39.8 Å². The summed E-state index contributed by atoms with van der Waals surface area (Å²) in [7, 11) is -3.41. The SMILES string of the molecule is CC(=O)c1sc2nc(NC3CC3)nc(-c3cccc(CO)c3)c2c1N.CC(=O)c1sc2nc(NC3CC3)nc(-c3cccc(N)c3)c2c1N.CC(=O)c1sc2nc(NC3CC3)nc(-c3cccc(NOO)c3)c2c1N.CC(=O)c1sc2nc(NC3CC3)nc(-c3cccc(NS(C)(=O)=O)c3)c2c1N.CC(C)=O.CCNC(=O)Nc1cccc(-c2nc(NC3CC3)nc3sc(C(C)=O)c(N)c23)c1. The van der Waals surface area contributed by atoms with Crippen molar-refractivity contribution in [2.24, 2.45) is 0 Å². The number of aliphatic hydroxyl groups excluding tert-OH is 1. The maximum absolute atomic E-state index is 12.0. The average molecular weight is 1950 g/mol. The second kappa shape index (κ2) is 41.3. The molecule has 43 heteroatoms. The Morgan fingerprint density at radius 1 is 0.382 bits per heavy atom. The van der Waals surface area contributed by atoms with Gasteiger partial charge >= 0.3 is 6.03 Å². The molecule has 0 saturated heterocycles. The number of amides is 2. The molecule has 5 aliphatic rings. The summed E-state index contributed by atoms with van der Waals surface area (Å²) >= 11 is 6.40. The Hall–Kier alpha value is -14.2. The first-order chi connectivity index (χ1) is 65.0. The zero-order chi connectivity index (χ0) is 96.8. The van der Waals surface area contributed by atoms with Crippen molar-refractivity contribution in [3.63, 3.8) is 0 Å². The number of thiophene rings is 5. The highest BCUT2D eigenvalue weighted by atomic mass is 32.2. The Balaban J connectivity index is 0.000000128. The Morgan fingerprint density at radius 3 is 0.919 bits per heavy atom. The van der Waals surface area contributed by atoms with E-state index in [9.17, 15) is 47.1 Å². The lowest BCUT2D eigenvalue weighted by molar-refractivity contribution is -0.215. The topological polar surface area (TPSA) is 597 Å². The van der Waals surface area contributed by atoms with E-state index in [-0.39, 0.29) is 47.3 Å². The van der Waals surface area contributed by atoms with Crippen molar-refractivity contribution >= 4 is 239 Å². The number of hydrogen-bond donors (Lipinski definition) is 17. The number of ketones is 6. The van der Waals surface area contributed by atoms with Gasteiger partial charge in [-0.2, -0.15) is 0 Å². The molecule has 23 N–H and O–H groups in total. The largest absolute Gasteiger partial charge is 0.399 e. The van der Waals surface area contributed by atoms with Crippen molar-refractivity contribution < 1.29 is 57.3 Å². The van der Waals surface area contributed by atoms with Crippen LogP contribution in [-0.2, 0) is 26.4 Å². The molecule has 0 aliphatic heterocycles. The van der Waals surface area contributed by atoms with Gasteiger partial charge in [-0.1, -0.05) is 66.7 Å². The first-order valence-corrected chi connectivity index (χ1v) is 49.3. The van der Waals surface area contributed by atoms with Crippen molar-refractivity contribution in [2.75, 3.05) is 89.3 Å². The number of aliphatic hydroxyl groups is 1. The lowest BCUT2D eigenvalue weighted by atomic mass is 10.0. The van der Waals surface area contributed by atoms with Crippen LogP contribution in [0.1, 0.15) is 174 Å². The lowest BCUT2D eigenvalue weighted by Crippen LogP contribution is -2.28. The molecule has 0 bridgehead atoms. The van der Waals surface area contributed by atoms with Gasteiger partial charge in [-0.3, -0.25) is 28.7 Å². The number of nitrogens with one attached hydrogen (secondary N) is 9. The van der Waals surface area contributed by atoms with Gasteiger partial charge in [0.15, 0.2) is 28.9 Å². The van der Waals surface area contributed by atoms with E-state index >= 15 is 0 Å². The van der Waals surface area contributed by atoms with Crippen LogP contribution >= 0.6 is 56.7 Å². The van der Waals surface area contributed by atoms with Crippen LogP contribution in [0.25, 0.3) is 107 Å². The zero-order valence-corrected chi connectivity index (χ0v) is 80.2.